The van der Waals surface area contributed by atoms with E-state index in [1.165, 1.54) is 0 Å². The highest BCUT2D eigenvalue weighted by molar-refractivity contribution is 5.95. The molecule has 1 aromatic carbocycles. The molecule has 30 heavy (non-hydrogen) atoms. The number of carbonyl (C=O) groups is 3. The summed E-state index contributed by atoms with van der Waals surface area (Å²) in [7, 11) is 0. The first-order valence-electron chi connectivity index (χ1n) is 10.5. The molecule has 0 spiro atoms. The molecule has 0 bridgehead atoms. The zero-order valence-electron chi connectivity index (χ0n) is 17.2. The number of aliphatic carboxylic acids is 1. The van der Waals surface area contributed by atoms with Gasteiger partial charge in [-0.2, -0.15) is 0 Å². The maximum atomic E-state index is 12.6. The number of nitrogens with one attached hydrogen (secondary N) is 2. The van der Waals surface area contributed by atoms with E-state index in [1.807, 2.05) is 12.1 Å². The van der Waals surface area contributed by atoms with E-state index in [-0.39, 0.29) is 36.7 Å². The van der Waals surface area contributed by atoms with Crippen LogP contribution in [0.15, 0.2) is 24.3 Å². The lowest BCUT2D eigenvalue weighted by molar-refractivity contribution is -0.137. The van der Waals surface area contributed by atoms with E-state index < -0.39 is 11.4 Å². The highest BCUT2D eigenvalue weighted by Crippen LogP contribution is 2.33. The van der Waals surface area contributed by atoms with Gasteiger partial charge in [-0.3, -0.25) is 14.4 Å². The number of carbonyl (C=O) groups excluding carboxylic acids is 2. The van der Waals surface area contributed by atoms with Crippen LogP contribution in [0.1, 0.15) is 67.3 Å². The number of hydrogen-bond acceptors (Lipinski definition) is 4. The van der Waals surface area contributed by atoms with E-state index >= 15 is 0 Å². The number of carboxylic acids is 1. The summed E-state index contributed by atoms with van der Waals surface area (Å²) in [5.41, 5.74) is 6.52. The van der Waals surface area contributed by atoms with Gasteiger partial charge in [0, 0.05) is 18.0 Å². The summed E-state index contributed by atoms with van der Waals surface area (Å²) in [6.07, 6.45) is 5.93. The molecule has 1 saturated heterocycles. The lowest BCUT2D eigenvalue weighted by atomic mass is 9.72. The minimum atomic E-state index is -0.744. The first-order chi connectivity index (χ1) is 13.9. The van der Waals surface area contributed by atoms with Crippen LogP contribution in [-0.2, 0) is 15.0 Å². The van der Waals surface area contributed by atoms with Crippen LogP contribution >= 0.6 is 12.4 Å². The van der Waals surface area contributed by atoms with Crippen LogP contribution in [0.5, 0.6) is 0 Å². The van der Waals surface area contributed by atoms with Crippen LogP contribution in [0.25, 0.3) is 0 Å². The van der Waals surface area contributed by atoms with Crippen molar-refractivity contribution in [2.45, 2.75) is 62.8 Å². The van der Waals surface area contributed by atoms with E-state index in [0.29, 0.717) is 30.7 Å². The van der Waals surface area contributed by atoms with Crippen LogP contribution in [0.2, 0.25) is 0 Å². The largest absolute Gasteiger partial charge is 0.481 e. The Morgan fingerprint density at radius 1 is 1.07 bits per heavy atom. The fourth-order valence-corrected chi connectivity index (χ4v) is 4.66. The monoisotopic (exact) mass is 437 g/mol. The molecule has 8 heteroatoms. The predicted molar refractivity (Wildman–Crippen MR) is 117 cm³/mol. The van der Waals surface area contributed by atoms with Gasteiger partial charge in [-0.05, 0) is 81.6 Å². The molecule has 7 nitrogen and oxygen atoms in total. The molecule has 2 fully saturated rings. The number of primary amides is 1. The molecule has 1 aliphatic carbocycles. The van der Waals surface area contributed by atoms with E-state index in [1.54, 1.807) is 12.1 Å². The number of halogens is 1. The molecule has 0 unspecified atom stereocenters. The molecule has 1 heterocycles. The van der Waals surface area contributed by atoms with Gasteiger partial charge in [-0.15, -0.1) is 12.4 Å². The Morgan fingerprint density at radius 2 is 1.67 bits per heavy atom. The summed E-state index contributed by atoms with van der Waals surface area (Å²) < 4.78 is 0. The Balaban J connectivity index is 0.00000320. The second-order valence-corrected chi connectivity index (χ2v) is 8.40. The van der Waals surface area contributed by atoms with Crippen molar-refractivity contribution >= 4 is 30.2 Å². The van der Waals surface area contributed by atoms with Gasteiger partial charge in [0.15, 0.2) is 0 Å². The second-order valence-electron chi connectivity index (χ2n) is 8.40. The van der Waals surface area contributed by atoms with Crippen molar-refractivity contribution in [3.8, 4) is 0 Å². The van der Waals surface area contributed by atoms with Crippen molar-refractivity contribution in [1.29, 1.82) is 0 Å². The molecule has 1 saturated carbocycles. The van der Waals surface area contributed by atoms with Gasteiger partial charge < -0.3 is 21.5 Å². The number of amides is 2. The summed E-state index contributed by atoms with van der Waals surface area (Å²) >= 11 is 0. The van der Waals surface area contributed by atoms with E-state index in [2.05, 4.69) is 10.6 Å². The fourth-order valence-electron chi connectivity index (χ4n) is 4.66. The Kier molecular flexibility index (Phi) is 8.67. The Hall–Kier alpha value is -2.12. The molecule has 1 aromatic rings. The van der Waals surface area contributed by atoms with E-state index in [4.69, 9.17) is 10.8 Å². The molecular weight excluding hydrogens is 406 g/mol. The lowest BCUT2D eigenvalue weighted by Crippen LogP contribution is -2.48. The van der Waals surface area contributed by atoms with Gasteiger partial charge in [0.05, 0.1) is 5.41 Å². The van der Waals surface area contributed by atoms with Crippen molar-refractivity contribution in [3.05, 3.63) is 35.4 Å². The molecule has 0 radical (unpaired) electrons. The maximum absolute atomic E-state index is 12.6. The van der Waals surface area contributed by atoms with Crippen LogP contribution in [-0.4, -0.2) is 42.0 Å². The van der Waals surface area contributed by atoms with Crippen LogP contribution in [0, 0.1) is 5.92 Å². The summed E-state index contributed by atoms with van der Waals surface area (Å²) in [5.74, 6) is -0.722. The first kappa shape index (κ1) is 24.2. The number of carboxylic acid groups (broad SMARTS) is 1. The van der Waals surface area contributed by atoms with E-state index in [0.717, 1.165) is 44.3 Å². The molecule has 2 amide bonds. The fraction of sp³-hybridized carbons (Fsp3) is 0.591. The molecule has 166 valence electrons. The highest BCUT2D eigenvalue weighted by atomic mass is 35.5. The van der Waals surface area contributed by atoms with Crippen molar-refractivity contribution in [1.82, 2.24) is 10.6 Å². The molecule has 2 aliphatic rings. The van der Waals surface area contributed by atoms with Gasteiger partial charge >= 0.3 is 5.97 Å². The lowest BCUT2D eigenvalue weighted by Gasteiger charge is -2.35. The Bertz CT molecular complexity index is 739. The molecule has 5 N–H and O–H groups in total. The van der Waals surface area contributed by atoms with Crippen LogP contribution in [0.3, 0.4) is 0 Å². The van der Waals surface area contributed by atoms with Crippen molar-refractivity contribution in [3.63, 3.8) is 0 Å². The topological polar surface area (TPSA) is 122 Å². The smallest absolute Gasteiger partial charge is 0.303 e. The molecule has 3 rings (SSSR count). The van der Waals surface area contributed by atoms with Gasteiger partial charge in [0.1, 0.15) is 0 Å². The standard InChI is InChI=1S/C22H31N3O4.ClH/c23-21(29)22(11-13-24-14-12-22)17-6-4-16(5-7-17)20(28)25-18-8-1-15(2-9-18)3-10-19(26)27;/h4-7,15,18,24H,1-3,8-14H2,(H2,23,29)(H,25,28)(H,26,27);1H/t15-,18-;. The van der Waals surface area contributed by atoms with E-state index in [9.17, 15) is 14.4 Å². The molecule has 1 aliphatic heterocycles. The minimum Gasteiger partial charge on any atom is -0.481 e. The summed E-state index contributed by atoms with van der Waals surface area (Å²) in [6.45, 7) is 1.50. The number of benzene rings is 1. The van der Waals surface area contributed by atoms with Crippen LogP contribution < -0.4 is 16.4 Å². The third kappa shape index (κ3) is 5.73. The average molecular weight is 438 g/mol. The summed E-state index contributed by atoms with van der Waals surface area (Å²) in [4.78, 5) is 35.5. The SMILES string of the molecule is Cl.NC(=O)C1(c2ccc(C(=O)N[C@H]3CC[C@H](CCC(=O)O)CC3)cc2)CCNCC1. The number of rotatable bonds is 7. The van der Waals surface area contributed by atoms with Crippen molar-refractivity contribution < 1.29 is 19.5 Å². The van der Waals surface area contributed by atoms with Crippen molar-refractivity contribution in [2.75, 3.05) is 13.1 Å². The summed E-state index contributed by atoms with van der Waals surface area (Å²) in [6, 6.07) is 7.39. The number of hydrogen-bond donors (Lipinski definition) is 4. The van der Waals surface area contributed by atoms with Crippen molar-refractivity contribution in [2.24, 2.45) is 11.7 Å². The molecule has 0 atom stereocenters. The van der Waals surface area contributed by atoms with Gasteiger partial charge in [-0.25, -0.2) is 0 Å². The highest BCUT2D eigenvalue weighted by Gasteiger charge is 2.39. The Labute approximate surface area is 183 Å². The third-order valence-corrected chi connectivity index (χ3v) is 6.58. The Morgan fingerprint density at radius 3 is 2.20 bits per heavy atom. The molecule has 0 aromatic heterocycles. The third-order valence-electron chi connectivity index (χ3n) is 6.58. The van der Waals surface area contributed by atoms with Gasteiger partial charge in [0.2, 0.25) is 5.91 Å². The summed E-state index contributed by atoms with van der Waals surface area (Å²) in [5, 5.41) is 15.2. The zero-order chi connectivity index (χ0) is 20.9. The quantitative estimate of drug-likeness (QED) is 0.521. The van der Waals surface area contributed by atoms with Crippen LogP contribution in [0.4, 0.5) is 0 Å². The predicted octanol–water partition coefficient (Wildman–Crippen LogP) is 2.37. The number of piperidine rings is 1. The van der Waals surface area contributed by atoms with Gasteiger partial charge in [0.25, 0.3) is 5.91 Å². The number of nitrogens with two attached hydrogens (primary N) is 1. The minimum absolute atomic E-state index is 0. The first-order valence-corrected chi connectivity index (χ1v) is 10.5. The second kappa shape index (κ2) is 10.8. The average Bonchev–Trinajstić information content (AvgIpc) is 2.73. The molecular formula is C22H32ClN3O4. The zero-order valence-corrected chi connectivity index (χ0v) is 18.0. The van der Waals surface area contributed by atoms with Gasteiger partial charge in [-0.1, -0.05) is 12.1 Å². The maximum Gasteiger partial charge on any atom is 0.303 e. The normalized spacial score (nSPS) is 23.1.